The molecule has 0 saturated carbocycles. The smallest absolute Gasteiger partial charge is 0.296 e. The van der Waals surface area contributed by atoms with Crippen molar-refractivity contribution in [1.29, 1.82) is 0 Å². The van der Waals surface area contributed by atoms with Crippen LogP contribution in [-0.2, 0) is 20.0 Å². The first kappa shape index (κ1) is 20.9. The van der Waals surface area contributed by atoms with Crippen LogP contribution in [0.2, 0.25) is 0 Å². The van der Waals surface area contributed by atoms with Gasteiger partial charge in [0.25, 0.3) is 10.1 Å². The second-order valence-electron chi connectivity index (χ2n) is 5.98. The summed E-state index contributed by atoms with van der Waals surface area (Å²) in [6.07, 6.45) is 0. The van der Waals surface area contributed by atoms with Gasteiger partial charge in [-0.2, -0.15) is 8.42 Å². The van der Waals surface area contributed by atoms with Gasteiger partial charge in [0, 0.05) is 5.39 Å². The number of hydrogen-bond donors (Lipinski definition) is 3. The highest BCUT2D eigenvalue weighted by Gasteiger charge is 2.22. The van der Waals surface area contributed by atoms with E-state index in [0.29, 0.717) is 5.39 Å². The normalized spacial score (nSPS) is 12.6. The van der Waals surface area contributed by atoms with Gasteiger partial charge in [-0.1, -0.05) is 36.4 Å². The van der Waals surface area contributed by atoms with Gasteiger partial charge in [0.2, 0.25) is 0 Å². The van der Waals surface area contributed by atoms with Gasteiger partial charge >= 0.3 is 0 Å². The highest BCUT2D eigenvalue weighted by Crippen LogP contribution is 2.41. The van der Waals surface area contributed by atoms with Crippen LogP contribution in [0.4, 0.5) is 11.4 Å². The van der Waals surface area contributed by atoms with E-state index in [4.69, 9.17) is 5.11 Å². The molecule has 0 radical (unpaired) electrons. The summed E-state index contributed by atoms with van der Waals surface area (Å²) in [4.78, 5) is -0.889. The summed E-state index contributed by atoms with van der Waals surface area (Å²) in [5, 5.41) is 27.6. The van der Waals surface area contributed by atoms with Gasteiger partial charge in [0.15, 0.2) is 15.6 Å². The molecule has 3 aromatic rings. The number of fused-ring (bicyclic) bond motifs is 1. The predicted octanol–water partition coefficient (Wildman–Crippen LogP) is 2.97. The number of nitrogens with zero attached hydrogens (tertiary/aromatic N) is 2. The molecule has 3 N–H and O–H groups in total. The third kappa shape index (κ3) is 4.27. The number of hydrogen-bond acceptors (Lipinski definition) is 8. The van der Waals surface area contributed by atoms with Gasteiger partial charge in [-0.3, -0.25) is 4.55 Å². The van der Waals surface area contributed by atoms with E-state index in [-0.39, 0.29) is 16.0 Å². The Balaban J connectivity index is 2.22. The zero-order valence-electron chi connectivity index (χ0n) is 14.8. The maximum atomic E-state index is 12.3. The van der Waals surface area contributed by atoms with Gasteiger partial charge in [-0.15, -0.1) is 10.2 Å². The van der Waals surface area contributed by atoms with Gasteiger partial charge in [0.05, 0.1) is 17.3 Å². The molecular formula is C18H16N2O7S2. The topological polar surface area (TPSA) is 154 Å². The minimum atomic E-state index is -4.76. The van der Waals surface area contributed by atoms with Crippen LogP contribution in [-0.4, -0.2) is 44.0 Å². The predicted molar refractivity (Wildman–Crippen MR) is 105 cm³/mol. The Hall–Kier alpha value is -2.86. The van der Waals surface area contributed by atoms with Crippen LogP contribution in [0, 0.1) is 0 Å². The van der Waals surface area contributed by atoms with E-state index in [1.165, 1.54) is 30.3 Å². The molecule has 0 aromatic heterocycles. The first-order chi connectivity index (χ1) is 13.6. The van der Waals surface area contributed by atoms with Crippen molar-refractivity contribution in [3.05, 3.63) is 54.6 Å². The summed E-state index contributed by atoms with van der Waals surface area (Å²) in [6, 6.07) is 13.0. The highest BCUT2D eigenvalue weighted by atomic mass is 32.2. The van der Waals surface area contributed by atoms with E-state index in [2.05, 4.69) is 10.2 Å². The number of phenolic OH excluding ortho intramolecular Hbond substituents is 1. The lowest BCUT2D eigenvalue weighted by Gasteiger charge is -2.09. The molecule has 0 aliphatic carbocycles. The van der Waals surface area contributed by atoms with Crippen molar-refractivity contribution in [1.82, 2.24) is 0 Å². The molecule has 0 unspecified atom stereocenters. The molecule has 0 saturated heterocycles. The Labute approximate surface area is 166 Å². The van der Waals surface area contributed by atoms with Crippen molar-refractivity contribution in [2.45, 2.75) is 9.79 Å². The van der Waals surface area contributed by atoms with Crippen LogP contribution in [0.5, 0.6) is 5.75 Å². The van der Waals surface area contributed by atoms with E-state index in [0.717, 1.165) is 6.07 Å². The number of rotatable bonds is 6. The lowest BCUT2D eigenvalue weighted by molar-refractivity contribution is 0.319. The van der Waals surface area contributed by atoms with Crippen LogP contribution >= 0.6 is 0 Å². The highest BCUT2D eigenvalue weighted by molar-refractivity contribution is 7.91. The fourth-order valence-corrected chi connectivity index (χ4v) is 4.55. The molecule has 9 nitrogen and oxygen atoms in total. The van der Waals surface area contributed by atoms with Crippen LogP contribution in [0.15, 0.2) is 74.6 Å². The summed E-state index contributed by atoms with van der Waals surface area (Å²) in [7, 11) is -8.63. The molecule has 0 bridgehead atoms. The zero-order valence-corrected chi connectivity index (χ0v) is 16.4. The third-order valence-corrected chi connectivity index (χ3v) is 6.66. The average Bonchev–Trinajstić information content (AvgIpc) is 2.66. The van der Waals surface area contributed by atoms with Gasteiger partial charge in [-0.05, 0) is 23.6 Å². The number of sulfone groups is 1. The average molecular weight is 436 g/mol. The summed E-state index contributed by atoms with van der Waals surface area (Å²) in [5.41, 5.74) is -0.643. The summed E-state index contributed by atoms with van der Waals surface area (Å²) >= 11 is 0. The molecule has 0 spiro atoms. The largest absolute Gasteiger partial charge is 0.505 e. The molecule has 0 aliphatic rings. The third-order valence-electron chi connectivity index (χ3n) is 4.06. The van der Waals surface area contributed by atoms with Crippen molar-refractivity contribution in [3.63, 3.8) is 0 Å². The first-order valence-electron chi connectivity index (χ1n) is 8.22. The Kier molecular flexibility index (Phi) is 5.66. The minimum absolute atomic E-state index is 0.116. The fraction of sp³-hybridized carbons (Fsp3) is 0.111. The number of azo groups is 1. The summed E-state index contributed by atoms with van der Waals surface area (Å²) < 4.78 is 57.7. The SMILES string of the molecule is O=S(=O)(O)c1cc2ccccc2c(O)c1N=Nc1ccccc1S(=O)(=O)CCO. The fourth-order valence-electron chi connectivity index (χ4n) is 2.72. The monoisotopic (exact) mass is 436 g/mol. The molecule has 152 valence electrons. The van der Waals surface area contributed by atoms with Crippen molar-refractivity contribution < 1.29 is 31.6 Å². The summed E-state index contributed by atoms with van der Waals surface area (Å²) in [6.45, 7) is -0.591. The Morgan fingerprint density at radius 2 is 1.52 bits per heavy atom. The molecular weight excluding hydrogens is 420 g/mol. The molecule has 3 rings (SSSR count). The lowest BCUT2D eigenvalue weighted by Crippen LogP contribution is -2.10. The Bertz CT molecular complexity index is 1320. The van der Waals surface area contributed by atoms with Crippen molar-refractivity contribution in [2.75, 3.05) is 12.4 Å². The molecule has 3 aromatic carbocycles. The number of aliphatic hydroxyl groups excluding tert-OH is 1. The molecule has 0 fully saturated rings. The maximum absolute atomic E-state index is 12.3. The molecule has 29 heavy (non-hydrogen) atoms. The zero-order chi connectivity index (χ0) is 21.2. The summed E-state index contributed by atoms with van der Waals surface area (Å²) in [5.74, 6) is -1.06. The lowest BCUT2D eigenvalue weighted by atomic mass is 10.1. The van der Waals surface area contributed by atoms with Crippen LogP contribution in [0.1, 0.15) is 0 Å². The molecule has 0 heterocycles. The number of benzene rings is 3. The number of phenols is 1. The minimum Gasteiger partial charge on any atom is -0.505 e. The van der Waals surface area contributed by atoms with Crippen LogP contribution in [0.3, 0.4) is 0 Å². The quantitative estimate of drug-likeness (QED) is 0.396. The number of aromatic hydroxyl groups is 1. The van der Waals surface area contributed by atoms with Gasteiger partial charge in [0.1, 0.15) is 16.3 Å². The number of aliphatic hydroxyl groups is 1. The Morgan fingerprint density at radius 1 is 0.862 bits per heavy atom. The molecule has 11 heteroatoms. The standard InChI is InChI=1S/C18H16N2O7S2/c21-9-10-28(23,24)15-8-4-3-7-14(15)19-20-17-16(29(25,26)27)11-12-5-1-2-6-13(12)18(17)22/h1-8,11,21-22H,9-10H2,(H,25,26,27). The van der Waals surface area contributed by atoms with Gasteiger partial charge < -0.3 is 10.2 Å². The maximum Gasteiger partial charge on any atom is 0.296 e. The second kappa shape index (κ2) is 7.87. The van der Waals surface area contributed by atoms with E-state index in [1.807, 2.05) is 0 Å². The van der Waals surface area contributed by atoms with E-state index < -0.39 is 48.6 Å². The van der Waals surface area contributed by atoms with E-state index in [9.17, 15) is 26.5 Å². The second-order valence-corrected chi connectivity index (χ2v) is 9.45. The first-order valence-corrected chi connectivity index (χ1v) is 11.3. The van der Waals surface area contributed by atoms with Crippen LogP contribution in [0.25, 0.3) is 10.8 Å². The van der Waals surface area contributed by atoms with Crippen molar-refractivity contribution >= 4 is 42.1 Å². The van der Waals surface area contributed by atoms with Crippen molar-refractivity contribution in [2.24, 2.45) is 10.2 Å². The van der Waals surface area contributed by atoms with Gasteiger partial charge in [-0.25, -0.2) is 8.42 Å². The van der Waals surface area contributed by atoms with Crippen molar-refractivity contribution in [3.8, 4) is 5.75 Å². The molecule has 0 aliphatic heterocycles. The Morgan fingerprint density at radius 3 is 2.21 bits per heavy atom. The molecule has 0 amide bonds. The molecule has 0 atom stereocenters. The van der Waals surface area contributed by atoms with Crippen LogP contribution < -0.4 is 0 Å². The van der Waals surface area contributed by atoms with E-state index in [1.54, 1.807) is 18.2 Å². The van der Waals surface area contributed by atoms with E-state index >= 15 is 0 Å².